The van der Waals surface area contributed by atoms with E-state index in [1.807, 2.05) is 6.07 Å². The van der Waals surface area contributed by atoms with Gasteiger partial charge in [0, 0.05) is 18.5 Å². The minimum Gasteiger partial charge on any atom is -0.489 e. The van der Waals surface area contributed by atoms with Crippen LogP contribution in [0.1, 0.15) is 115 Å². The van der Waals surface area contributed by atoms with Crippen molar-refractivity contribution in [1.29, 1.82) is 0 Å². The Morgan fingerprint density at radius 3 is 2.57 bits per heavy atom. The standard InChI is InChI=1S/C34H49NO2/c1-6-8-9-13-23-34(4,5)31-21-15-22-32(37-25-27-17-11-10-12-18-27)33(31)30-24-29(35-26(3)36)20-14-19-28(30)16-7-2/h7,10-12,15,17-18,21-22,28-30H,2,6,8-9,13-14,16,19-20,23-25H2,1,3-5H3,(H,35,36)/t28-,29-,30-/m1/s1. The molecular weight excluding hydrogens is 454 g/mol. The lowest BCUT2D eigenvalue weighted by Gasteiger charge is -2.35. The molecule has 3 heteroatoms. The zero-order valence-electron chi connectivity index (χ0n) is 23.7. The molecule has 2 aromatic carbocycles. The minimum atomic E-state index is 0.0454. The highest BCUT2D eigenvalue weighted by Crippen LogP contribution is 2.47. The number of unbranched alkanes of at least 4 members (excludes halogenated alkanes) is 3. The Hall–Kier alpha value is -2.55. The van der Waals surface area contributed by atoms with E-state index in [0.717, 1.165) is 44.3 Å². The van der Waals surface area contributed by atoms with Crippen molar-refractivity contribution in [3.05, 3.63) is 77.9 Å². The second kappa shape index (κ2) is 14.4. The summed E-state index contributed by atoms with van der Waals surface area (Å²) in [6.07, 6.45) is 13.6. The number of benzene rings is 2. The van der Waals surface area contributed by atoms with Gasteiger partial charge >= 0.3 is 0 Å². The van der Waals surface area contributed by atoms with Gasteiger partial charge in [0.25, 0.3) is 0 Å². The second-order valence-corrected chi connectivity index (χ2v) is 11.6. The van der Waals surface area contributed by atoms with Crippen molar-refractivity contribution in [2.24, 2.45) is 5.92 Å². The van der Waals surface area contributed by atoms with Gasteiger partial charge in [-0.25, -0.2) is 0 Å². The Morgan fingerprint density at radius 1 is 1.08 bits per heavy atom. The zero-order chi connectivity index (χ0) is 26.7. The molecule has 1 N–H and O–H groups in total. The van der Waals surface area contributed by atoms with E-state index >= 15 is 0 Å². The van der Waals surface area contributed by atoms with Crippen LogP contribution in [0, 0.1) is 5.92 Å². The van der Waals surface area contributed by atoms with Gasteiger partial charge in [-0.1, -0.05) is 101 Å². The van der Waals surface area contributed by atoms with Gasteiger partial charge < -0.3 is 10.1 Å². The van der Waals surface area contributed by atoms with Crippen molar-refractivity contribution in [2.45, 2.75) is 116 Å². The van der Waals surface area contributed by atoms with E-state index in [9.17, 15) is 4.79 Å². The number of allylic oxidation sites excluding steroid dienone is 1. The third kappa shape index (κ3) is 8.48. The van der Waals surface area contributed by atoms with Crippen LogP contribution in [0.3, 0.4) is 0 Å². The van der Waals surface area contributed by atoms with Gasteiger partial charge in [-0.15, -0.1) is 6.58 Å². The molecule has 3 nitrogen and oxygen atoms in total. The molecule has 0 heterocycles. The van der Waals surface area contributed by atoms with Crippen LogP contribution >= 0.6 is 0 Å². The van der Waals surface area contributed by atoms with Crippen LogP contribution in [-0.4, -0.2) is 11.9 Å². The van der Waals surface area contributed by atoms with Crippen LogP contribution in [0.15, 0.2) is 61.2 Å². The highest BCUT2D eigenvalue weighted by molar-refractivity contribution is 5.73. The molecule has 1 fully saturated rings. The minimum absolute atomic E-state index is 0.0454. The van der Waals surface area contributed by atoms with E-state index in [-0.39, 0.29) is 17.4 Å². The average molecular weight is 504 g/mol. The maximum Gasteiger partial charge on any atom is 0.217 e. The highest BCUT2D eigenvalue weighted by Gasteiger charge is 2.35. The SMILES string of the molecule is C=CC[C@@H]1CCC[C@@H](NC(C)=O)C[C@H]1c1c(OCc2ccccc2)cccc1C(C)(C)CCCCCC. The molecule has 0 unspecified atom stereocenters. The fourth-order valence-electron chi connectivity index (χ4n) is 6.22. The number of carbonyl (C=O) groups excluding carboxylic acids is 1. The monoisotopic (exact) mass is 503 g/mol. The van der Waals surface area contributed by atoms with Crippen molar-refractivity contribution in [1.82, 2.24) is 5.32 Å². The number of nitrogens with one attached hydrogen (secondary N) is 1. The summed E-state index contributed by atoms with van der Waals surface area (Å²) < 4.78 is 6.63. The van der Waals surface area contributed by atoms with Crippen LogP contribution in [0.2, 0.25) is 0 Å². The predicted octanol–water partition coefficient (Wildman–Crippen LogP) is 8.87. The Kier molecular flexibility index (Phi) is 11.3. The number of hydrogen-bond donors (Lipinski definition) is 1. The number of ether oxygens (including phenoxy) is 1. The van der Waals surface area contributed by atoms with E-state index in [0.29, 0.717) is 18.4 Å². The molecule has 2 aromatic rings. The number of hydrogen-bond acceptors (Lipinski definition) is 2. The third-order valence-electron chi connectivity index (χ3n) is 8.17. The van der Waals surface area contributed by atoms with Crippen molar-refractivity contribution >= 4 is 5.91 Å². The highest BCUT2D eigenvalue weighted by atomic mass is 16.5. The molecule has 3 atom stereocenters. The molecule has 3 rings (SSSR count). The first kappa shape index (κ1) is 29.0. The first-order valence-electron chi connectivity index (χ1n) is 14.5. The van der Waals surface area contributed by atoms with Gasteiger partial charge in [-0.2, -0.15) is 0 Å². The predicted molar refractivity (Wildman–Crippen MR) is 156 cm³/mol. The van der Waals surface area contributed by atoms with Gasteiger partial charge in [0.15, 0.2) is 0 Å². The Morgan fingerprint density at radius 2 is 1.86 bits per heavy atom. The molecule has 1 saturated carbocycles. The largest absolute Gasteiger partial charge is 0.489 e. The lowest BCUT2D eigenvalue weighted by molar-refractivity contribution is -0.119. The number of carbonyl (C=O) groups is 1. The zero-order valence-corrected chi connectivity index (χ0v) is 23.7. The van der Waals surface area contributed by atoms with Crippen molar-refractivity contribution in [3.63, 3.8) is 0 Å². The average Bonchev–Trinajstić information content (AvgIpc) is 3.07. The van der Waals surface area contributed by atoms with Crippen molar-refractivity contribution in [3.8, 4) is 5.75 Å². The Balaban J connectivity index is 2.04. The van der Waals surface area contributed by atoms with Gasteiger partial charge in [0.2, 0.25) is 5.91 Å². The summed E-state index contributed by atoms with van der Waals surface area (Å²) in [5.74, 6) is 1.88. The molecule has 0 saturated heterocycles. The van der Waals surface area contributed by atoms with Gasteiger partial charge in [0.05, 0.1) is 0 Å². The topological polar surface area (TPSA) is 38.3 Å². The second-order valence-electron chi connectivity index (χ2n) is 11.6. The third-order valence-corrected chi connectivity index (χ3v) is 8.17. The van der Waals surface area contributed by atoms with E-state index in [2.05, 4.69) is 81.2 Å². The molecule has 37 heavy (non-hydrogen) atoms. The Bertz CT molecular complexity index is 981. The smallest absolute Gasteiger partial charge is 0.217 e. The molecule has 0 spiro atoms. The van der Waals surface area contributed by atoms with Crippen molar-refractivity contribution < 1.29 is 9.53 Å². The molecule has 202 valence electrons. The maximum atomic E-state index is 12.0. The molecule has 0 aromatic heterocycles. The summed E-state index contributed by atoms with van der Waals surface area (Å²) >= 11 is 0. The summed E-state index contributed by atoms with van der Waals surface area (Å²) in [7, 11) is 0. The summed E-state index contributed by atoms with van der Waals surface area (Å²) in [6.45, 7) is 13.4. The molecule has 0 aliphatic heterocycles. The van der Waals surface area contributed by atoms with E-state index in [1.54, 1.807) is 6.92 Å². The fourth-order valence-corrected chi connectivity index (χ4v) is 6.22. The summed E-state index contributed by atoms with van der Waals surface area (Å²) in [6, 6.07) is 17.3. The quantitative estimate of drug-likeness (QED) is 0.168. The normalized spacial score (nSPS) is 20.2. The molecule has 1 amide bonds. The van der Waals surface area contributed by atoms with E-state index in [4.69, 9.17) is 4.74 Å². The molecule has 1 aliphatic carbocycles. The molecule has 0 radical (unpaired) electrons. The van der Waals surface area contributed by atoms with Crippen LogP contribution in [0.5, 0.6) is 5.75 Å². The lowest BCUT2D eigenvalue weighted by Crippen LogP contribution is -2.34. The molecule has 0 bridgehead atoms. The van der Waals surface area contributed by atoms with Crippen LogP contribution in [-0.2, 0) is 16.8 Å². The lowest BCUT2D eigenvalue weighted by atomic mass is 9.71. The summed E-state index contributed by atoms with van der Waals surface area (Å²) in [4.78, 5) is 12.0. The summed E-state index contributed by atoms with van der Waals surface area (Å²) in [5.41, 5.74) is 4.00. The van der Waals surface area contributed by atoms with Crippen LogP contribution in [0.25, 0.3) is 0 Å². The van der Waals surface area contributed by atoms with E-state index in [1.165, 1.54) is 42.4 Å². The Labute approximate surface area is 226 Å². The maximum absolute atomic E-state index is 12.0. The van der Waals surface area contributed by atoms with Crippen LogP contribution in [0.4, 0.5) is 0 Å². The molecular formula is C34H49NO2. The first-order valence-corrected chi connectivity index (χ1v) is 14.5. The van der Waals surface area contributed by atoms with Gasteiger partial charge in [0.1, 0.15) is 12.4 Å². The summed E-state index contributed by atoms with van der Waals surface area (Å²) in [5, 5.41) is 3.26. The van der Waals surface area contributed by atoms with Gasteiger partial charge in [-0.05, 0) is 66.5 Å². The van der Waals surface area contributed by atoms with Gasteiger partial charge in [-0.3, -0.25) is 4.79 Å². The molecule has 1 aliphatic rings. The van der Waals surface area contributed by atoms with E-state index < -0.39 is 0 Å². The first-order chi connectivity index (χ1) is 17.9. The fraction of sp³-hybridized carbons (Fsp3) is 0.559. The number of amides is 1. The van der Waals surface area contributed by atoms with Crippen molar-refractivity contribution in [2.75, 3.05) is 0 Å². The van der Waals surface area contributed by atoms with Crippen LogP contribution < -0.4 is 10.1 Å². The number of rotatable bonds is 13.